The molecule has 1 heterocycles. The Balaban J connectivity index is 2.05. The Labute approximate surface area is 86.3 Å². The van der Waals surface area contributed by atoms with Gasteiger partial charge in [-0.25, -0.2) is 0 Å². The zero-order valence-electron chi connectivity index (χ0n) is 8.17. The van der Waals surface area contributed by atoms with Gasteiger partial charge in [0.15, 0.2) is 6.61 Å². The van der Waals surface area contributed by atoms with Gasteiger partial charge in [0, 0.05) is 6.07 Å². The minimum absolute atomic E-state index is 0.179. The predicted molar refractivity (Wildman–Crippen MR) is 51.5 cm³/mol. The summed E-state index contributed by atoms with van der Waals surface area (Å²) in [4.78, 5) is 3.81. The average Bonchev–Trinajstić information content (AvgIpc) is 2.65. The molecule has 1 N–H and O–H groups in total. The zero-order chi connectivity index (χ0) is 10.7. The molecule has 0 aliphatic heterocycles. The van der Waals surface area contributed by atoms with Gasteiger partial charge in [-0.05, 0) is 24.6 Å². The van der Waals surface area contributed by atoms with E-state index < -0.39 is 0 Å². The van der Waals surface area contributed by atoms with Crippen LogP contribution in [-0.4, -0.2) is 15.2 Å². The average molecular weight is 206 g/mol. The van der Waals surface area contributed by atoms with Gasteiger partial charge in [-0.2, -0.15) is 4.98 Å². The highest BCUT2D eigenvalue weighted by Crippen LogP contribution is 2.21. The molecule has 15 heavy (non-hydrogen) atoms. The third-order valence-corrected chi connectivity index (χ3v) is 1.81. The molecule has 0 radical (unpaired) electrons. The molecule has 0 spiro atoms. The number of rotatable bonds is 3. The smallest absolute Gasteiger partial charge is 0.213 e. The maximum absolute atomic E-state index is 9.32. The number of hydrogen-bond acceptors (Lipinski definition) is 5. The first-order valence-corrected chi connectivity index (χ1v) is 4.43. The van der Waals surface area contributed by atoms with Crippen LogP contribution in [0.25, 0.3) is 0 Å². The number of aromatic nitrogens is 2. The van der Waals surface area contributed by atoms with Crippen LogP contribution in [0.5, 0.6) is 11.5 Å². The summed E-state index contributed by atoms with van der Waals surface area (Å²) >= 11 is 0. The molecule has 78 valence electrons. The van der Waals surface area contributed by atoms with Crippen molar-refractivity contribution < 1.29 is 14.4 Å². The molecule has 1 aromatic heterocycles. The van der Waals surface area contributed by atoms with Gasteiger partial charge in [0.25, 0.3) is 0 Å². The Morgan fingerprint density at radius 3 is 2.93 bits per heavy atom. The monoisotopic (exact) mass is 206 g/mol. The predicted octanol–water partition coefficient (Wildman–Crippen LogP) is 1.66. The maximum atomic E-state index is 9.32. The minimum atomic E-state index is 0.179. The molecule has 0 bridgehead atoms. The van der Waals surface area contributed by atoms with Crippen LogP contribution < -0.4 is 4.74 Å². The third-order valence-electron chi connectivity index (χ3n) is 1.81. The summed E-state index contributed by atoms with van der Waals surface area (Å²) in [6.07, 6.45) is 1.24. The van der Waals surface area contributed by atoms with E-state index in [-0.39, 0.29) is 12.4 Å². The van der Waals surface area contributed by atoms with E-state index in [1.54, 1.807) is 6.07 Å². The molecule has 0 aliphatic rings. The molecule has 0 saturated carbocycles. The van der Waals surface area contributed by atoms with Crippen molar-refractivity contribution >= 4 is 0 Å². The van der Waals surface area contributed by atoms with Crippen molar-refractivity contribution in [2.75, 3.05) is 0 Å². The number of ether oxygens (including phenoxy) is 1. The number of aromatic hydroxyl groups is 1. The first-order chi connectivity index (χ1) is 7.24. The molecule has 1 aromatic carbocycles. The van der Waals surface area contributed by atoms with Gasteiger partial charge < -0.3 is 14.4 Å². The summed E-state index contributed by atoms with van der Waals surface area (Å²) < 4.78 is 9.93. The molecule has 0 amide bonds. The highest BCUT2D eigenvalue weighted by Gasteiger charge is 2.01. The fourth-order valence-electron chi connectivity index (χ4n) is 1.22. The fourth-order valence-corrected chi connectivity index (χ4v) is 1.22. The van der Waals surface area contributed by atoms with Crippen molar-refractivity contribution in [2.24, 2.45) is 0 Å². The Kier molecular flexibility index (Phi) is 2.53. The van der Waals surface area contributed by atoms with Crippen LogP contribution in [-0.2, 0) is 6.61 Å². The van der Waals surface area contributed by atoms with E-state index in [1.807, 2.05) is 13.0 Å². The van der Waals surface area contributed by atoms with Gasteiger partial charge in [-0.1, -0.05) is 5.16 Å². The van der Waals surface area contributed by atoms with E-state index in [2.05, 4.69) is 14.7 Å². The van der Waals surface area contributed by atoms with Crippen LogP contribution >= 0.6 is 0 Å². The van der Waals surface area contributed by atoms with Crippen LogP contribution in [0.1, 0.15) is 11.4 Å². The fraction of sp³-hybridized carbons (Fsp3) is 0.200. The summed E-state index contributed by atoms with van der Waals surface area (Å²) in [6.45, 7) is 2.10. The van der Waals surface area contributed by atoms with Crippen LogP contribution in [0.15, 0.2) is 29.1 Å². The Bertz CT molecular complexity index is 420. The lowest BCUT2D eigenvalue weighted by molar-refractivity contribution is 0.285. The minimum Gasteiger partial charge on any atom is -0.508 e. The van der Waals surface area contributed by atoms with Crippen molar-refractivity contribution in [1.82, 2.24) is 10.1 Å². The van der Waals surface area contributed by atoms with Crippen LogP contribution in [0.2, 0.25) is 0 Å². The lowest BCUT2D eigenvalue weighted by Gasteiger charge is -2.04. The molecular formula is C10H10N2O3. The number of benzene rings is 1. The van der Waals surface area contributed by atoms with E-state index in [1.165, 1.54) is 12.5 Å². The molecule has 0 atom stereocenters. The second-order valence-electron chi connectivity index (χ2n) is 3.14. The lowest BCUT2D eigenvalue weighted by atomic mass is 10.2. The molecule has 0 fully saturated rings. The molecule has 5 heteroatoms. The van der Waals surface area contributed by atoms with E-state index in [4.69, 9.17) is 4.74 Å². The molecule has 5 nitrogen and oxygen atoms in total. The Hall–Kier alpha value is -2.04. The van der Waals surface area contributed by atoms with Gasteiger partial charge in [0.2, 0.25) is 12.2 Å². The van der Waals surface area contributed by atoms with Crippen LogP contribution in [0.4, 0.5) is 0 Å². The Morgan fingerprint density at radius 2 is 2.27 bits per heavy atom. The molecule has 2 aromatic rings. The van der Waals surface area contributed by atoms with Crippen molar-refractivity contribution in [3.63, 3.8) is 0 Å². The molecule has 2 rings (SSSR count). The van der Waals surface area contributed by atoms with Gasteiger partial charge >= 0.3 is 0 Å². The first kappa shape index (κ1) is 9.51. The number of nitrogens with zero attached hydrogens (tertiary/aromatic N) is 2. The molecule has 0 unspecified atom stereocenters. The highest BCUT2D eigenvalue weighted by atomic mass is 16.5. The first-order valence-electron chi connectivity index (χ1n) is 4.43. The summed E-state index contributed by atoms with van der Waals surface area (Å²) in [6, 6.07) is 5.01. The topological polar surface area (TPSA) is 68.4 Å². The van der Waals surface area contributed by atoms with Crippen molar-refractivity contribution in [1.29, 1.82) is 0 Å². The van der Waals surface area contributed by atoms with Gasteiger partial charge in [0.05, 0.1) is 0 Å². The van der Waals surface area contributed by atoms with Gasteiger partial charge in [-0.3, -0.25) is 0 Å². The molecule has 0 aliphatic carbocycles. The second kappa shape index (κ2) is 4.00. The van der Waals surface area contributed by atoms with Gasteiger partial charge in [0.1, 0.15) is 11.5 Å². The van der Waals surface area contributed by atoms with Crippen molar-refractivity contribution in [2.45, 2.75) is 13.5 Å². The number of aryl methyl sites for hydroxylation is 1. The highest BCUT2D eigenvalue weighted by molar-refractivity contribution is 5.36. The number of hydrogen-bond donors (Lipinski definition) is 1. The summed E-state index contributed by atoms with van der Waals surface area (Å²) in [5.74, 6) is 1.23. The lowest BCUT2D eigenvalue weighted by Crippen LogP contribution is -1.97. The third kappa shape index (κ3) is 2.46. The summed E-state index contributed by atoms with van der Waals surface area (Å²) in [7, 11) is 0. The normalized spacial score (nSPS) is 10.2. The second-order valence-corrected chi connectivity index (χ2v) is 3.14. The van der Waals surface area contributed by atoms with E-state index >= 15 is 0 Å². The standard InChI is InChI=1S/C10H10N2O3/c1-7-2-8(13)4-9(3-7)14-5-10-11-6-15-12-10/h2-4,6,13H,5H2,1H3. The Morgan fingerprint density at radius 1 is 1.40 bits per heavy atom. The van der Waals surface area contributed by atoms with Crippen LogP contribution in [0.3, 0.4) is 0 Å². The molecule has 0 saturated heterocycles. The van der Waals surface area contributed by atoms with E-state index in [0.717, 1.165) is 5.56 Å². The quantitative estimate of drug-likeness (QED) is 0.827. The largest absolute Gasteiger partial charge is 0.508 e. The summed E-state index contributed by atoms with van der Waals surface area (Å²) in [5, 5.41) is 12.9. The zero-order valence-corrected chi connectivity index (χ0v) is 8.17. The summed E-state index contributed by atoms with van der Waals surface area (Å²) in [5.41, 5.74) is 0.929. The molecular weight excluding hydrogens is 196 g/mol. The number of phenols is 1. The van der Waals surface area contributed by atoms with E-state index in [0.29, 0.717) is 11.6 Å². The SMILES string of the molecule is Cc1cc(O)cc(OCc2ncon2)c1. The van der Waals surface area contributed by atoms with Crippen LogP contribution in [0, 0.1) is 6.92 Å². The van der Waals surface area contributed by atoms with Gasteiger partial charge in [-0.15, -0.1) is 0 Å². The van der Waals surface area contributed by atoms with Crippen molar-refractivity contribution in [3.05, 3.63) is 36.0 Å². The van der Waals surface area contributed by atoms with Crippen molar-refractivity contribution in [3.8, 4) is 11.5 Å². The maximum Gasteiger partial charge on any atom is 0.213 e. The van der Waals surface area contributed by atoms with E-state index in [9.17, 15) is 5.11 Å². The number of phenolic OH excluding ortho intramolecular Hbond substituents is 1.